The quantitative estimate of drug-likeness (QED) is 0.536. The molecule has 0 saturated carbocycles. The molecule has 0 spiro atoms. The number of hydrogen-bond acceptors (Lipinski definition) is 4. The van der Waals surface area contributed by atoms with Gasteiger partial charge in [-0.05, 0) is 42.5 Å². The lowest BCUT2D eigenvalue weighted by molar-refractivity contribution is -0.131. The molecule has 0 aliphatic carbocycles. The minimum atomic E-state index is -0.904. The maximum Gasteiger partial charge on any atom is 0.327 e. The molecule has 0 radical (unpaired) electrons. The van der Waals surface area contributed by atoms with Crippen LogP contribution < -0.4 is 0 Å². The fourth-order valence-electron chi connectivity index (χ4n) is 4.20. The van der Waals surface area contributed by atoms with Crippen molar-refractivity contribution in [3.63, 3.8) is 0 Å². The number of carbonyl (C=O) groups is 1. The van der Waals surface area contributed by atoms with Gasteiger partial charge >= 0.3 is 5.97 Å². The summed E-state index contributed by atoms with van der Waals surface area (Å²) in [4.78, 5) is 13.1. The number of aromatic nitrogens is 3. The first-order valence-electron chi connectivity index (χ1n) is 10.8. The maximum absolute atomic E-state index is 10.6. The molecule has 0 amide bonds. The third-order valence-corrected chi connectivity index (χ3v) is 5.77. The van der Waals surface area contributed by atoms with E-state index in [1.54, 1.807) is 6.08 Å². The van der Waals surface area contributed by atoms with Crippen molar-refractivity contribution in [3.8, 4) is 0 Å². The fourth-order valence-corrected chi connectivity index (χ4v) is 4.20. The van der Waals surface area contributed by atoms with Crippen molar-refractivity contribution in [3.05, 3.63) is 95.3 Å². The van der Waals surface area contributed by atoms with Gasteiger partial charge in [0.15, 0.2) is 0 Å². The van der Waals surface area contributed by atoms with Crippen LogP contribution >= 0.6 is 0 Å². The van der Waals surface area contributed by atoms with E-state index in [1.807, 2.05) is 22.9 Å². The van der Waals surface area contributed by atoms with E-state index in [0.717, 1.165) is 37.3 Å². The topological polar surface area (TPSA) is 71.2 Å². The molecule has 2 aromatic carbocycles. The second-order valence-corrected chi connectivity index (χ2v) is 8.02. The van der Waals surface area contributed by atoms with Gasteiger partial charge in [-0.15, -0.1) is 5.10 Å². The molecule has 160 valence electrons. The van der Waals surface area contributed by atoms with Crippen LogP contribution in [0.4, 0.5) is 0 Å². The van der Waals surface area contributed by atoms with Crippen LogP contribution in [0.3, 0.4) is 0 Å². The molecule has 1 aliphatic rings. The second-order valence-electron chi connectivity index (χ2n) is 8.02. The first-order chi connectivity index (χ1) is 15.2. The van der Waals surface area contributed by atoms with Gasteiger partial charge in [0.05, 0.1) is 12.2 Å². The molecule has 6 nitrogen and oxygen atoms in total. The standard InChI is InChI=1S/C25H28N4O2/c30-25(31)10-4-8-20-11-13-22(14-12-20)24-9-5-16-28(24)17-15-23-19-29(27-26-23)18-21-6-2-1-3-7-21/h1-4,6-7,10-14,19,24H,5,8-9,15-18H2,(H,30,31)/b10-4+. The molecule has 31 heavy (non-hydrogen) atoms. The summed E-state index contributed by atoms with van der Waals surface area (Å²) in [5.41, 5.74) is 4.71. The SMILES string of the molecule is O=C(O)/C=C/Cc1ccc(C2CCCN2CCc2cn(Cc3ccccc3)nn2)cc1. The molecule has 2 heterocycles. The van der Waals surface area contributed by atoms with Crippen molar-refractivity contribution in [2.24, 2.45) is 0 Å². The van der Waals surface area contributed by atoms with E-state index in [2.05, 4.69) is 57.8 Å². The van der Waals surface area contributed by atoms with Crippen LogP contribution in [-0.4, -0.2) is 44.1 Å². The van der Waals surface area contributed by atoms with Gasteiger partial charge in [-0.25, -0.2) is 9.48 Å². The van der Waals surface area contributed by atoms with Crippen LogP contribution in [0, 0.1) is 0 Å². The first-order valence-corrected chi connectivity index (χ1v) is 10.8. The van der Waals surface area contributed by atoms with Crippen molar-refractivity contribution >= 4 is 5.97 Å². The average molecular weight is 417 g/mol. The lowest BCUT2D eigenvalue weighted by Crippen LogP contribution is -2.25. The molecule has 0 bridgehead atoms. The smallest absolute Gasteiger partial charge is 0.327 e. The summed E-state index contributed by atoms with van der Waals surface area (Å²) < 4.78 is 1.91. The van der Waals surface area contributed by atoms with Crippen LogP contribution in [0.15, 0.2) is 72.9 Å². The number of nitrogens with zero attached hydrogens (tertiary/aromatic N) is 4. The molecule has 6 heteroatoms. The van der Waals surface area contributed by atoms with E-state index in [0.29, 0.717) is 12.5 Å². The largest absolute Gasteiger partial charge is 0.478 e. The van der Waals surface area contributed by atoms with Crippen molar-refractivity contribution in [2.45, 2.75) is 38.3 Å². The van der Waals surface area contributed by atoms with E-state index in [-0.39, 0.29) is 0 Å². The van der Waals surface area contributed by atoms with Crippen LogP contribution in [-0.2, 0) is 24.2 Å². The predicted octanol–water partition coefficient (Wildman–Crippen LogP) is 3.89. The molecule has 1 unspecified atom stereocenters. The lowest BCUT2D eigenvalue weighted by Gasteiger charge is -2.24. The number of benzene rings is 2. The Balaban J connectivity index is 1.31. The molecule has 3 aromatic rings. The fraction of sp³-hybridized carbons (Fsp3) is 0.320. The van der Waals surface area contributed by atoms with Gasteiger partial charge < -0.3 is 5.11 Å². The Morgan fingerprint density at radius 3 is 2.68 bits per heavy atom. The zero-order valence-corrected chi connectivity index (χ0v) is 17.6. The molecule has 1 saturated heterocycles. The van der Waals surface area contributed by atoms with Gasteiger partial charge in [-0.1, -0.05) is 65.9 Å². The van der Waals surface area contributed by atoms with Gasteiger partial charge in [0.1, 0.15) is 0 Å². The number of hydrogen-bond donors (Lipinski definition) is 1. The minimum Gasteiger partial charge on any atom is -0.478 e. The number of rotatable bonds is 9. The highest BCUT2D eigenvalue weighted by molar-refractivity contribution is 5.79. The highest BCUT2D eigenvalue weighted by Crippen LogP contribution is 2.32. The zero-order valence-electron chi connectivity index (χ0n) is 17.6. The summed E-state index contributed by atoms with van der Waals surface area (Å²) in [5, 5.41) is 17.4. The zero-order chi connectivity index (χ0) is 21.5. The third kappa shape index (κ3) is 5.89. The predicted molar refractivity (Wildman–Crippen MR) is 120 cm³/mol. The molecule has 1 fully saturated rings. The third-order valence-electron chi connectivity index (χ3n) is 5.77. The molecule has 1 aromatic heterocycles. The number of likely N-dealkylation sites (tertiary alicyclic amines) is 1. The lowest BCUT2D eigenvalue weighted by atomic mass is 10.0. The van der Waals surface area contributed by atoms with Crippen LogP contribution in [0.25, 0.3) is 0 Å². The molecule has 1 N–H and O–H groups in total. The molecule has 1 atom stereocenters. The number of aliphatic carboxylic acids is 1. The summed E-state index contributed by atoms with van der Waals surface area (Å²) in [6.07, 6.45) is 8.83. The van der Waals surface area contributed by atoms with Crippen molar-refractivity contribution in [2.75, 3.05) is 13.1 Å². The summed E-state index contributed by atoms with van der Waals surface area (Å²) in [6, 6.07) is 19.3. The van der Waals surface area contributed by atoms with E-state index < -0.39 is 5.97 Å². The van der Waals surface area contributed by atoms with Gasteiger partial charge in [0, 0.05) is 31.3 Å². The Bertz CT molecular complexity index is 1010. The van der Waals surface area contributed by atoms with Crippen LogP contribution in [0.2, 0.25) is 0 Å². The number of carboxylic acid groups (broad SMARTS) is 1. The Morgan fingerprint density at radius 1 is 1.10 bits per heavy atom. The van der Waals surface area contributed by atoms with Crippen LogP contribution in [0.1, 0.15) is 41.3 Å². The first kappa shape index (κ1) is 21.0. The van der Waals surface area contributed by atoms with Gasteiger partial charge in [0.2, 0.25) is 0 Å². The Morgan fingerprint density at radius 2 is 1.90 bits per heavy atom. The highest BCUT2D eigenvalue weighted by atomic mass is 16.4. The van der Waals surface area contributed by atoms with E-state index in [9.17, 15) is 4.79 Å². The second kappa shape index (κ2) is 10.2. The van der Waals surface area contributed by atoms with Crippen molar-refractivity contribution in [1.29, 1.82) is 0 Å². The minimum absolute atomic E-state index is 0.433. The molecular formula is C25H28N4O2. The van der Waals surface area contributed by atoms with Gasteiger partial charge in [0.25, 0.3) is 0 Å². The summed E-state index contributed by atoms with van der Waals surface area (Å²) in [6.45, 7) is 2.82. The Labute approximate surface area is 182 Å². The van der Waals surface area contributed by atoms with Crippen molar-refractivity contribution < 1.29 is 9.90 Å². The van der Waals surface area contributed by atoms with Gasteiger partial charge in [-0.2, -0.15) is 0 Å². The molecule has 4 rings (SSSR count). The molecule has 1 aliphatic heterocycles. The average Bonchev–Trinajstić information content (AvgIpc) is 3.42. The summed E-state index contributed by atoms with van der Waals surface area (Å²) in [5.74, 6) is -0.904. The maximum atomic E-state index is 10.6. The van der Waals surface area contributed by atoms with E-state index in [4.69, 9.17) is 5.11 Å². The van der Waals surface area contributed by atoms with Crippen LogP contribution in [0.5, 0.6) is 0 Å². The normalized spacial score (nSPS) is 16.8. The molecular weight excluding hydrogens is 388 g/mol. The monoisotopic (exact) mass is 416 g/mol. The van der Waals surface area contributed by atoms with E-state index >= 15 is 0 Å². The Kier molecular flexibility index (Phi) is 6.89. The highest BCUT2D eigenvalue weighted by Gasteiger charge is 2.25. The summed E-state index contributed by atoms with van der Waals surface area (Å²) in [7, 11) is 0. The summed E-state index contributed by atoms with van der Waals surface area (Å²) >= 11 is 0. The van der Waals surface area contributed by atoms with Crippen molar-refractivity contribution in [1.82, 2.24) is 19.9 Å². The number of carboxylic acids is 1. The van der Waals surface area contributed by atoms with E-state index in [1.165, 1.54) is 30.0 Å². The Hall–Kier alpha value is -3.25. The number of allylic oxidation sites excluding steroid dienone is 1. The van der Waals surface area contributed by atoms with Gasteiger partial charge in [-0.3, -0.25) is 4.90 Å².